The molecule has 7 heteroatoms. The molecule has 1 aliphatic rings. The molecule has 1 N–H and O–H groups in total. The second-order valence-electron chi connectivity index (χ2n) is 6.05. The highest BCUT2D eigenvalue weighted by molar-refractivity contribution is 5.97. The van der Waals surface area contributed by atoms with E-state index in [1.807, 2.05) is 11.8 Å². The molecule has 2 aromatic rings. The maximum Gasteiger partial charge on any atom is 0.292 e. The van der Waals surface area contributed by atoms with Gasteiger partial charge in [-0.1, -0.05) is 18.2 Å². The smallest absolute Gasteiger partial charge is 0.292 e. The number of phenols is 1. The van der Waals surface area contributed by atoms with Gasteiger partial charge in [0.15, 0.2) is 0 Å². The van der Waals surface area contributed by atoms with Crippen LogP contribution in [0.3, 0.4) is 0 Å². The largest absolute Gasteiger partial charge is 0.507 e. The Kier molecular flexibility index (Phi) is 4.56. The van der Waals surface area contributed by atoms with E-state index in [0.29, 0.717) is 31.9 Å². The summed E-state index contributed by atoms with van der Waals surface area (Å²) in [6, 6.07) is 11.6. The summed E-state index contributed by atoms with van der Waals surface area (Å²) in [4.78, 5) is 26.9. The number of phenolic OH excluding ortho intramolecular Hbond substituents is 1. The average molecular weight is 341 g/mol. The summed E-state index contributed by atoms with van der Waals surface area (Å²) >= 11 is 0. The Morgan fingerprint density at radius 2 is 1.80 bits per heavy atom. The highest BCUT2D eigenvalue weighted by atomic mass is 16.6. The van der Waals surface area contributed by atoms with E-state index in [2.05, 4.69) is 0 Å². The predicted octanol–water partition coefficient (Wildman–Crippen LogP) is 2.57. The van der Waals surface area contributed by atoms with Gasteiger partial charge >= 0.3 is 0 Å². The minimum absolute atomic E-state index is 0.0221. The first-order valence-electron chi connectivity index (χ1n) is 8.04. The highest BCUT2D eigenvalue weighted by Crippen LogP contribution is 2.29. The summed E-state index contributed by atoms with van der Waals surface area (Å²) in [5, 5.41) is 21.2. The van der Waals surface area contributed by atoms with Crippen LogP contribution in [0.4, 0.5) is 11.4 Å². The standard InChI is InChI=1S/C18H19N3O4/c1-13-6-7-14(17(22)12-13)18(23)20-10-8-19(9-11-20)15-4-2-3-5-16(15)21(24)25/h2-7,12,22H,8-11H2,1H3. The van der Waals surface area contributed by atoms with Crippen molar-refractivity contribution >= 4 is 17.3 Å². The van der Waals surface area contributed by atoms with Crippen LogP contribution in [0.5, 0.6) is 5.75 Å². The van der Waals surface area contributed by atoms with E-state index in [4.69, 9.17) is 0 Å². The molecule has 0 spiro atoms. The number of piperazine rings is 1. The first-order chi connectivity index (χ1) is 12.0. The third kappa shape index (κ3) is 3.40. The monoisotopic (exact) mass is 341 g/mol. The Labute approximate surface area is 145 Å². The number of aromatic hydroxyl groups is 1. The summed E-state index contributed by atoms with van der Waals surface area (Å²) in [6.45, 7) is 3.74. The number of benzene rings is 2. The quantitative estimate of drug-likeness (QED) is 0.685. The predicted molar refractivity (Wildman–Crippen MR) is 94.1 cm³/mol. The summed E-state index contributed by atoms with van der Waals surface area (Å²) in [5.41, 5.74) is 1.80. The minimum atomic E-state index is -0.392. The van der Waals surface area contributed by atoms with Crippen molar-refractivity contribution in [2.75, 3.05) is 31.1 Å². The SMILES string of the molecule is Cc1ccc(C(=O)N2CCN(c3ccccc3[N+](=O)[O-])CC2)c(O)c1. The molecular weight excluding hydrogens is 322 g/mol. The summed E-state index contributed by atoms with van der Waals surface area (Å²) in [7, 11) is 0. The number of nitrogens with zero attached hydrogens (tertiary/aromatic N) is 3. The van der Waals surface area contributed by atoms with Crippen molar-refractivity contribution in [3.05, 3.63) is 63.7 Å². The lowest BCUT2D eigenvalue weighted by Gasteiger charge is -2.35. The van der Waals surface area contributed by atoms with Crippen LogP contribution < -0.4 is 4.90 Å². The van der Waals surface area contributed by atoms with Crippen LogP contribution in [0.25, 0.3) is 0 Å². The summed E-state index contributed by atoms with van der Waals surface area (Å²) in [6.07, 6.45) is 0. The van der Waals surface area contributed by atoms with Crippen molar-refractivity contribution in [2.45, 2.75) is 6.92 Å². The molecule has 2 aromatic carbocycles. The molecule has 1 saturated heterocycles. The highest BCUT2D eigenvalue weighted by Gasteiger charge is 2.26. The fourth-order valence-electron chi connectivity index (χ4n) is 3.03. The number of nitro groups is 1. The van der Waals surface area contributed by atoms with E-state index in [9.17, 15) is 20.0 Å². The zero-order valence-electron chi connectivity index (χ0n) is 13.9. The van der Waals surface area contributed by atoms with Gasteiger partial charge in [0, 0.05) is 32.2 Å². The van der Waals surface area contributed by atoms with Gasteiger partial charge < -0.3 is 14.9 Å². The topological polar surface area (TPSA) is 86.9 Å². The average Bonchev–Trinajstić information content (AvgIpc) is 2.61. The zero-order chi connectivity index (χ0) is 18.0. The van der Waals surface area contributed by atoms with Gasteiger partial charge in [0.25, 0.3) is 11.6 Å². The second kappa shape index (κ2) is 6.80. The number of rotatable bonds is 3. The molecular formula is C18H19N3O4. The molecule has 0 aliphatic carbocycles. The molecule has 0 aromatic heterocycles. The van der Waals surface area contributed by atoms with Gasteiger partial charge in [-0.15, -0.1) is 0 Å². The fourth-order valence-corrected chi connectivity index (χ4v) is 3.03. The maximum absolute atomic E-state index is 12.6. The van der Waals surface area contributed by atoms with E-state index >= 15 is 0 Å². The van der Waals surface area contributed by atoms with Gasteiger partial charge in [-0.25, -0.2) is 0 Å². The molecule has 25 heavy (non-hydrogen) atoms. The lowest BCUT2D eigenvalue weighted by Crippen LogP contribution is -2.49. The Morgan fingerprint density at radius 3 is 2.44 bits per heavy atom. The van der Waals surface area contributed by atoms with Crippen LogP contribution >= 0.6 is 0 Å². The van der Waals surface area contributed by atoms with Gasteiger partial charge in [0.1, 0.15) is 11.4 Å². The normalized spacial score (nSPS) is 14.4. The van der Waals surface area contributed by atoms with Crippen LogP contribution in [-0.4, -0.2) is 47.0 Å². The minimum Gasteiger partial charge on any atom is -0.507 e. The third-order valence-corrected chi connectivity index (χ3v) is 4.37. The van der Waals surface area contributed by atoms with Gasteiger partial charge in [0.05, 0.1) is 10.5 Å². The van der Waals surface area contributed by atoms with Crippen LogP contribution in [-0.2, 0) is 0 Å². The zero-order valence-corrected chi connectivity index (χ0v) is 13.9. The van der Waals surface area contributed by atoms with Crippen molar-refractivity contribution in [3.8, 4) is 5.75 Å². The van der Waals surface area contributed by atoms with E-state index < -0.39 is 4.92 Å². The first kappa shape index (κ1) is 16.8. The molecule has 7 nitrogen and oxygen atoms in total. The van der Waals surface area contributed by atoms with Crippen LogP contribution in [0.1, 0.15) is 15.9 Å². The molecule has 130 valence electrons. The van der Waals surface area contributed by atoms with Crippen LogP contribution in [0.2, 0.25) is 0 Å². The summed E-state index contributed by atoms with van der Waals surface area (Å²) < 4.78 is 0. The molecule has 0 bridgehead atoms. The molecule has 1 aliphatic heterocycles. The molecule has 1 heterocycles. The van der Waals surface area contributed by atoms with E-state index in [1.54, 1.807) is 41.3 Å². The number of carbonyl (C=O) groups excluding carboxylic acids is 1. The van der Waals surface area contributed by atoms with Crippen LogP contribution in [0, 0.1) is 17.0 Å². The van der Waals surface area contributed by atoms with Crippen molar-refractivity contribution in [1.29, 1.82) is 0 Å². The van der Waals surface area contributed by atoms with Crippen molar-refractivity contribution in [3.63, 3.8) is 0 Å². The van der Waals surface area contributed by atoms with Gasteiger partial charge in [0.2, 0.25) is 0 Å². The Balaban J connectivity index is 1.72. The number of carbonyl (C=O) groups is 1. The molecule has 0 saturated carbocycles. The molecule has 1 amide bonds. The number of hydrogen-bond donors (Lipinski definition) is 1. The summed E-state index contributed by atoms with van der Waals surface area (Å²) in [5.74, 6) is -0.245. The van der Waals surface area contributed by atoms with E-state index in [1.165, 1.54) is 6.07 Å². The number of anilines is 1. The molecule has 3 rings (SSSR count). The van der Waals surface area contributed by atoms with Crippen molar-refractivity contribution < 1.29 is 14.8 Å². The number of hydrogen-bond acceptors (Lipinski definition) is 5. The third-order valence-electron chi connectivity index (χ3n) is 4.37. The number of aryl methyl sites for hydroxylation is 1. The fraction of sp³-hybridized carbons (Fsp3) is 0.278. The second-order valence-corrected chi connectivity index (χ2v) is 6.05. The number of amides is 1. The molecule has 0 unspecified atom stereocenters. The molecule has 0 atom stereocenters. The van der Waals surface area contributed by atoms with E-state index in [-0.39, 0.29) is 22.9 Å². The Hall–Kier alpha value is -3.09. The Morgan fingerprint density at radius 1 is 1.12 bits per heavy atom. The van der Waals surface area contributed by atoms with Gasteiger partial charge in [-0.3, -0.25) is 14.9 Å². The number of para-hydroxylation sites is 2. The Bertz CT molecular complexity index is 814. The van der Waals surface area contributed by atoms with Gasteiger partial charge in [-0.2, -0.15) is 0 Å². The lowest BCUT2D eigenvalue weighted by atomic mass is 10.1. The molecule has 0 radical (unpaired) electrons. The first-order valence-corrected chi connectivity index (χ1v) is 8.04. The lowest BCUT2D eigenvalue weighted by molar-refractivity contribution is -0.384. The van der Waals surface area contributed by atoms with Gasteiger partial charge in [-0.05, 0) is 30.7 Å². The van der Waals surface area contributed by atoms with Crippen molar-refractivity contribution in [1.82, 2.24) is 4.90 Å². The molecule has 1 fully saturated rings. The number of nitro benzene ring substituents is 1. The van der Waals surface area contributed by atoms with E-state index in [0.717, 1.165) is 5.56 Å². The van der Waals surface area contributed by atoms with Crippen molar-refractivity contribution in [2.24, 2.45) is 0 Å². The van der Waals surface area contributed by atoms with Crippen LogP contribution in [0.15, 0.2) is 42.5 Å². The maximum atomic E-state index is 12.6.